The van der Waals surface area contributed by atoms with Gasteiger partial charge in [0.1, 0.15) is 0 Å². The summed E-state index contributed by atoms with van der Waals surface area (Å²) in [6.45, 7) is 0. The number of benzene rings is 3. The molecule has 0 N–H and O–H groups in total. The first-order valence-corrected chi connectivity index (χ1v) is 23.9. The Bertz CT molecular complexity index is 1320. The van der Waals surface area contributed by atoms with Gasteiger partial charge in [-0.1, -0.05) is 0 Å². The summed E-state index contributed by atoms with van der Waals surface area (Å²) in [5.74, 6) is 0.0891. The Balaban J connectivity index is 1.60. The van der Waals surface area contributed by atoms with Crippen molar-refractivity contribution in [3.8, 4) is 11.1 Å². The molecule has 0 spiro atoms. The van der Waals surface area contributed by atoms with Crippen LogP contribution in [0.2, 0.25) is 0 Å². The van der Waals surface area contributed by atoms with Crippen LogP contribution in [-0.4, -0.2) is 0 Å². The molecule has 149 valence electrons. The van der Waals surface area contributed by atoms with Crippen LogP contribution in [0.15, 0.2) is 78.7 Å². The molecule has 1 unspecified atom stereocenters. The Labute approximate surface area is 200 Å². The fraction of sp³-hybridized carbons (Fsp3) is 0.0833. The fourth-order valence-electron chi connectivity index (χ4n) is 5.06. The molecule has 6 heteroatoms. The summed E-state index contributed by atoms with van der Waals surface area (Å²) in [6.07, 6.45) is 3.18. The molecule has 0 nitrogen and oxygen atoms in total. The predicted molar refractivity (Wildman–Crippen MR) is 136 cm³/mol. The van der Waals surface area contributed by atoms with Crippen molar-refractivity contribution in [1.82, 2.24) is 0 Å². The van der Waals surface area contributed by atoms with Crippen LogP contribution in [0.5, 0.6) is 0 Å². The Morgan fingerprint density at radius 2 is 1.67 bits per heavy atom. The van der Waals surface area contributed by atoms with Gasteiger partial charge < -0.3 is 0 Å². The summed E-state index contributed by atoms with van der Waals surface area (Å²) >= 11 is 0.649. The number of fused-ring (bicyclic) bond motifs is 6. The summed E-state index contributed by atoms with van der Waals surface area (Å²) in [7, 11) is 20.5. The molecule has 0 bridgehead atoms. The Morgan fingerprint density at radius 1 is 0.933 bits per heavy atom. The van der Waals surface area contributed by atoms with Gasteiger partial charge in [-0.2, -0.15) is 0 Å². The van der Waals surface area contributed by atoms with Gasteiger partial charge in [-0.25, -0.2) is 0 Å². The first-order chi connectivity index (χ1) is 14.3. The van der Waals surface area contributed by atoms with Crippen LogP contribution in [-0.2, 0) is 21.4 Å². The van der Waals surface area contributed by atoms with Gasteiger partial charge >= 0.3 is 203 Å². The first kappa shape index (κ1) is 20.4. The van der Waals surface area contributed by atoms with E-state index in [1.165, 1.54) is 38.3 Å². The van der Waals surface area contributed by atoms with Crippen molar-refractivity contribution in [2.75, 3.05) is 0 Å². The van der Waals surface area contributed by atoms with Crippen molar-refractivity contribution in [2.24, 2.45) is 0 Å². The topological polar surface area (TPSA) is 0 Å². The third-order valence-electron chi connectivity index (χ3n) is 6.33. The van der Waals surface area contributed by atoms with Crippen LogP contribution in [0.1, 0.15) is 28.2 Å². The van der Waals surface area contributed by atoms with Crippen molar-refractivity contribution in [3.05, 3.63) is 101 Å². The SMILES string of the molecule is [SH][Zr]([Cl])([Cl])([C]1=C(Br)SC2=Cc3ccccc3C21)[c]1cccc2c1-c1ccccc1C2. The van der Waals surface area contributed by atoms with E-state index in [2.05, 4.69) is 88.7 Å². The maximum absolute atomic E-state index is 7.61. The van der Waals surface area contributed by atoms with E-state index in [0.717, 1.165) is 16.8 Å². The molecule has 1 aliphatic heterocycles. The predicted octanol–water partition coefficient (Wildman–Crippen LogP) is 8.17. The van der Waals surface area contributed by atoms with E-state index in [-0.39, 0.29) is 5.92 Å². The van der Waals surface area contributed by atoms with Gasteiger partial charge in [-0.3, -0.25) is 0 Å². The van der Waals surface area contributed by atoms with Gasteiger partial charge in [0.05, 0.1) is 0 Å². The third kappa shape index (κ3) is 2.84. The molecule has 1 atom stereocenters. The number of hydrogen-bond acceptors (Lipinski definition) is 2. The Kier molecular flexibility index (Phi) is 4.68. The van der Waals surface area contributed by atoms with Crippen LogP contribution in [0, 0.1) is 0 Å². The van der Waals surface area contributed by atoms with Crippen molar-refractivity contribution in [2.45, 2.75) is 12.3 Å². The zero-order chi connectivity index (χ0) is 20.7. The molecule has 0 saturated carbocycles. The minimum absolute atomic E-state index is 0.0891. The summed E-state index contributed by atoms with van der Waals surface area (Å²) in [5.41, 5.74) is 7.57. The number of hydrogen-bond donors (Lipinski definition) is 1. The number of halogens is 3. The van der Waals surface area contributed by atoms with Crippen LogP contribution in [0.3, 0.4) is 0 Å². The third-order valence-corrected chi connectivity index (χ3v) is 24.1. The average molecular weight is 611 g/mol. The minimum atomic E-state index is -4.91. The van der Waals surface area contributed by atoms with E-state index in [0.29, 0.717) is 0 Å². The van der Waals surface area contributed by atoms with Gasteiger partial charge in [0.25, 0.3) is 0 Å². The maximum atomic E-state index is 7.61. The average Bonchev–Trinajstić information content (AvgIpc) is 3.35. The second-order valence-electron chi connectivity index (χ2n) is 8.04. The van der Waals surface area contributed by atoms with Crippen molar-refractivity contribution in [1.29, 1.82) is 0 Å². The normalized spacial score (nSPS) is 20.2. The number of thiol groups is 1. The van der Waals surface area contributed by atoms with E-state index in [1.54, 1.807) is 11.8 Å². The monoisotopic (exact) mass is 607 g/mol. The Morgan fingerprint density at radius 3 is 2.53 bits per heavy atom. The molecule has 0 aromatic heterocycles. The van der Waals surface area contributed by atoms with Crippen LogP contribution in [0.25, 0.3) is 17.2 Å². The summed E-state index contributed by atoms with van der Waals surface area (Å²) in [4.78, 5) is 1.28. The van der Waals surface area contributed by atoms with Crippen molar-refractivity contribution in [3.63, 3.8) is 0 Å². The number of rotatable bonds is 2. The van der Waals surface area contributed by atoms with Gasteiger partial charge in [0, 0.05) is 0 Å². The molecule has 0 radical (unpaired) electrons. The van der Waals surface area contributed by atoms with E-state index >= 15 is 0 Å². The van der Waals surface area contributed by atoms with Crippen LogP contribution < -0.4 is 3.27 Å². The van der Waals surface area contributed by atoms with E-state index in [9.17, 15) is 0 Å². The molecule has 3 aliphatic rings. The standard InChI is InChI=1S/C13H9.C11H6BrS.2ClH.H2S.Zr/c1-3-7-12-10(5-1)9-11-6-2-4-8-13(11)12;12-11-6-9-8-4-2-1-3-7(8)5-10(9)13-11;;;;/h1-7H,9H2;1-5,9H;2*1H;1H2;/q;;;;;+3/p-3. The van der Waals surface area contributed by atoms with E-state index < -0.39 is 14.9 Å². The molecule has 1 heterocycles. The number of thioether (sulfide) groups is 1. The zero-order valence-electron chi connectivity index (χ0n) is 15.7. The van der Waals surface area contributed by atoms with Crippen LogP contribution >= 0.6 is 54.1 Å². The molecule has 0 amide bonds. The second kappa shape index (κ2) is 6.89. The molecular formula is C24H16BrCl2S2Zr. The van der Waals surface area contributed by atoms with Crippen molar-refractivity contribution < 1.29 is 14.9 Å². The van der Waals surface area contributed by atoms with Crippen molar-refractivity contribution >= 4 is 63.5 Å². The second-order valence-corrected chi connectivity index (χ2v) is 36.3. The fourth-order valence-corrected chi connectivity index (χ4v) is 27.4. The first-order valence-electron chi connectivity index (χ1n) is 9.75. The van der Waals surface area contributed by atoms with E-state index in [1.807, 2.05) is 0 Å². The Hall–Kier alpha value is -0.217. The molecule has 0 saturated heterocycles. The number of allylic oxidation sites excluding steroid dienone is 2. The van der Waals surface area contributed by atoms with Gasteiger partial charge in [-0.05, 0) is 0 Å². The van der Waals surface area contributed by atoms with Gasteiger partial charge in [0.15, 0.2) is 0 Å². The summed E-state index contributed by atoms with van der Waals surface area (Å²) < 4.78 is 3.15. The molecule has 3 aromatic carbocycles. The summed E-state index contributed by atoms with van der Waals surface area (Å²) in [5, 5.41) is 0. The van der Waals surface area contributed by atoms with Gasteiger partial charge in [0.2, 0.25) is 0 Å². The zero-order valence-corrected chi connectivity index (χ0v) is 23.0. The molecule has 6 rings (SSSR count). The molecule has 2 aliphatic carbocycles. The molecular weight excluding hydrogens is 594 g/mol. The van der Waals surface area contributed by atoms with E-state index in [4.69, 9.17) is 26.4 Å². The van der Waals surface area contributed by atoms with Crippen LogP contribution in [0.4, 0.5) is 0 Å². The van der Waals surface area contributed by atoms with Gasteiger partial charge in [-0.15, -0.1) is 0 Å². The summed E-state index contributed by atoms with van der Waals surface area (Å²) in [6, 6.07) is 23.5. The molecule has 0 fully saturated rings. The molecule has 3 aromatic rings. The quantitative estimate of drug-likeness (QED) is 0.224. The molecule has 30 heavy (non-hydrogen) atoms.